The molecule has 0 saturated carbocycles. The molecule has 0 bridgehead atoms. The van der Waals surface area contributed by atoms with E-state index in [1.165, 1.54) is 23.1 Å². The van der Waals surface area contributed by atoms with Gasteiger partial charge in [0.1, 0.15) is 17.9 Å². The molecule has 172 valence electrons. The van der Waals surface area contributed by atoms with Gasteiger partial charge in [0.05, 0.1) is 4.91 Å². The van der Waals surface area contributed by atoms with Crippen LogP contribution in [0, 0.1) is 0 Å². The Bertz CT molecular complexity index is 1260. The minimum atomic E-state index is -0.687. The van der Waals surface area contributed by atoms with Crippen LogP contribution in [0.1, 0.15) is 27.0 Å². The second kappa shape index (κ2) is 10.6. The monoisotopic (exact) mass is 493 g/mol. The molecule has 1 aliphatic heterocycles. The molecule has 1 N–H and O–H groups in total. The van der Waals surface area contributed by atoms with Crippen molar-refractivity contribution in [1.82, 2.24) is 4.90 Å². The zero-order chi connectivity index (χ0) is 24.1. The van der Waals surface area contributed by atoms with Crippen molar-refractivity contribution in [2.45, 2.75) is 13.0 Å². The smallest absolute Gasteiger partial charge is 0.342 e. The van der Waals surface area contributed by atoms with Gasteiger partial charge in [-0.25, -0.2) is 4.79 Å². The third-order valence-electron chi connectivity index (χ3n) is 5.16. The van der Waals surface area contributed by atoms with E-state index in [0.29, 0.717) is 17.0 Å². The topological polar surface area (TPSA) is 83.9 Å². The first-order valence-electron chi connectivity index (χ1n) is 10.4. The molecule has 0 spiro atoms. The molecule has 1 aliphatic rings. The van der Waals surface area contributed by atoms with E-state index in [1.54, 1.807) is 18.2 Å². The fraction of sp³-hybridized carbons (Fsp3) is 0.115. The van der Waals surface area contributed by atoms with Crippen LogP contribution in [-0.2, 0) is 22.6 Å². The SMILES string of the molecule is O=C(OCc1ccccc1)c1cc(C=C2SC(=O)N(CCc3ccc(Cl)cc3)C2=O)ccc1O. The van der Waals surface area contributed by atoms with E-state index in [1.807, 2.05) is 42.5 Å². The lowest BCUT2D eigenvalue weighted by molar-refractivity contribution is -0.122. The number of aromatic hydroxyl groups is 1. The van der Waals surface area contributed by atoms with Crippen LogP contribution in [0.3, 0.4) is 0 Å². The summed E-state index contributed by atoms with van der Waals surface area (Å²) in [6, 6.07) is 20.8. The molecular weight excluding hydrogens is 474 g/mol. The number of ether oxygens (including phenoxy) is 1. The van der Waals surface area contributed by atoms with E-state index in [-0.39, 0.29) is 34.6 Å². The molecule has 2 amide bonds. The summed E-state index contributed by atoms with van der Waals surface area (Å²) in [4.78, 5) is 39.1. The van der Waals surface area contributed by atoms with Crippen LogP contribution >= 0.6 is 23.4 Å². The average molecular weight is 494 g/mol. The fourth-order valence-electron chi connectivity index (χ4n) is 3.34. The molecule has 0 aliphatic carbocycles. The minimum Gasteiger partial charge on any atom is -0.507 e. The van der Waals surface area contributed by atoms with E-state index >= 15 is 0 Å². The summed E-state index contributed by atoms with van der Waals surface area (Å²) in [7, 11) is 0. The molecular formula is C26H20ClNO5S. The lowest BCUT2D eigenvalue weighted by atomic mass is 10.1. The van der Waals surface area contributed by atoms with Gasteiger partial charge in [-0.2, -0.15) is 0 Å². The Morgan fingerprint density at radius 3 is 2.47 bits per heavy atom. The number of hydrogen-bond donors (Lipinski definition) is 1. The normalized spacial score (nSPS) is 14.6. The molecule has 0 aromatic heterocycles. The van der Waals surface area contributed by atoms with Gasteiger partial charge in [-0.15, -0.1) is 0 Å². The Morgan fingerprint density at radius 2 is 1.74 bits per heavy atom. The van der Waals surface area contributed by atoms with Crippen LogP contribution in [0.5, 0.6) is 5.75 Å². The molecule has 4 rings (SSSR count). The van der Waals surface area contributed by atoms with Gasteiger partial charge in [-0.1, -0.05) is 60.1 Å². The summed E-state index contributed by atoms with van der Waals surface area (Å²) in [6.07, 6.45) is 2.04. The maximum atomic E-state index is 12.8. The first kappa shape index (κ1) is 23.6. The summed E-state index contributed by atoms with van der Waals surface area (Å²) < 4.78 is 5.29. The number of halogens is 1. The highest BCUT2D eigenvalue weighted by atomic mass is 35.5. The zero-order valence-corrected chi connectivity index (χ0v) is 19.5. The summed E-state index contributed by atoms with van der Waals surface area (Å²) in [6.45, 7) is 0.312. The van der Waals surface area contributed by atoms with E-state index in [2.05, 4.69) is 0 Å². The van der Waals surface area contributed by atoms with Gasteiger partial charge in [-0.3, -0.25) is 14.5 Å². The van der Waals surface area contributed by atoms with Crippen LogP contribution in [0.25, 0.3) is 6.08 Å². The molecule has 0 unspecified atom stereocenters. The van der Waals surface area contributed by atoms with Gasteiger partial charge in [-0.05, 0) is 65.2 Å². The largest absolute Gasteiger partial charge is 0.507 e. The van der Waals surface area contributed by atoms with Gasteiger partial charge in [0, 0.05) is 11.6 Å². The number of hydrogen-bond acceptors (Lipinski definition) is 6. The minimum absolute atomic E-state index is 0.0216. The van der Waals surface area contributed by atoms with Crippen LogP contribution < -0.4 is 0 Å². The van der Waals surface area contributed by atoms with Gasteiger partial charge in [0.25, 0.3) is 11.1 Å². The standard InChI is InChI=1S/C26H20ClNO5S/c27-20-9-6-17(7-10-20)12-13-28-24(30)23(34-26(28)32)15-19-8-11-22(29)21(14-19)25(31)33-16-18-4-2-1-3-5-18/h1-11,14-15,29H,12-13,16H2. The Balaban J connectivity index is 1.44. The molecule has 1 fully saturated rings. The maximum Gasteiger partial charge on any atom is 0.342 e. The number of rotatable bonds is 7. The molecule has 1 heterocycles. The Morgan fingerprint density at radius 1 is 1.00 bits per heavy atom. The van der Waals surface area contributed by atoms with E-state index in [0.717, 1.165) is 22.9 Å². The number of phenols is 1. The molecule has 0 atom stereocenters. The Labute approximate surface area is 205 Å². The summed E-state index contributed by atoms with van der Waals surface area (Å²) >= 11 is 6.73. The quantitative estimate of drug-likeness (QED) is 0.336. The van der Waals surface area contributed by atoms with Crippen molar-refractivity contribution in [3.63, 3.8) is 0 Å². The van der Waals surface area contributed by atoms with Crippen LogP contribution in [0.15, 0.2) is 77.7 Å². The molecule has 3 aromatic carbocycles. The molecule has 1 saturated heterocycles. The number of carbonyl (C=O) groups is 3. The number of imide groups is 1. The molecule has 0 radical (unpaired) electrons. The molecule has 34 heavy (non-hydrogen) atoms. The van der Waals surface area contributed by atoms with Crippen molar-refractivity contribution in [3.8, 4) is 5.75 Å². The summed E-state index contributed by atoms with van der Waals surface area (Å²) in [5.41, 5.74) is 2.25. The highest BCUT2D eigenvalue weighted by Gasteiger charge is 2.34. The van der Waals surface area contributed by atoms with Crippen LogP contribution in [0.4, 0.5) is 4.79 Å². The van der Waals surface area contributed by atoms with Crippen LogP contribution in [-0.4, -0.2) is 33.7 Å². The van der Waals surface area contributed by atoms with Crippen molar-refractivity contribution < 1.29 is 24.2 Å². The van der Waals surface area contributed by atoms with Crippen LogP contribution in [0.2, 0.25) is 5.02 Å². The predicted molar refractivity (Wildman–Crippen MR) is 132 cm³/mol. The average Bonchev–Trinajstić information content (AvgIpc) is 3.11. The van der Waals surface area contributed by atoms with Crippen molar-refractivity contribution in [1.29, 1.82) is 0 Å². The Hall–Kier alpha value is -3.55. The lowest BCUT2D eigenvalue weighted by Crippen LogP contribution is -2.30. The third-order valence-corrected chi connectivity index (χ3v) is 6.32. The first-order valence-corrected chi connectivity index (χ1v) is 11.6. The first-order chi connectivity index (χ1) is 16.4. The number of nitrogens with zero attached hydrogens (tertiary/aromatic N) is 1. The van der Waals surface area contributed by atoms with Gasteiger partial charge in [0.15, 0.2) is 0 Å². The van der Waals surface area contributed by atoms with Crippen molar-refractivity contribution >= 4 is 46.6 Å². The second-order valence-corrected chi connectivity index (χ2v) is 8.98. The van der Waals surface area contributed by atoms with E-state index in [9.17, 15) is 19.5 Å². The van der Waals surface area contributed by atoms with E-state index in [4.69, 9.17) is 16.3 Å². The number of benzene rings is 3. The summed E-state index contributed by atoms with van der Waals surface area (Å²) in [5, 5.41) is 10.4. The number of thioether (sulfide) groups is 1. The fourth-order valence-corrected chi connectivity index (χ4v) is 4.33. The molecule has 8 heteroatoms. The van der Waals surface area contributed by atoms with Gasteiger partial charge < -0.3 is 9.84 Å². The number of amides is 2. The van der Waals surface area contributed by atoms with Crippen molar-refractivity contribution in [2.75, 3.05) is 6.54 Å². The zero-order valence-electron chi connectivity index (χ0n) is 17.9. The van der Waals surface area contributed by atoms with Crippen molar-refractivity contribution in [2.24, 2.45) is 0 Å². The number of esters is 1. The third kappa shape index (κ3) is 5.68. The number of carbonyl (C=O) groups excluding carboxylic acids is 3. The Kier molecular flexibility index (Phi) is 7.35. The summed E-state index contributed by atoms with van der Waals surface area (Å²) in [5.74, 6) is -1.32. The lowest BCUT2D eigenvalue weighted by Gasteiger charge is -2.12. The molecule has 6 nitrogen and oxygen atoms in total. The molecule has 3 aromatic rings. The van der Waals surface area contributed by atoms with Crippen molar-refractivity contribution in [3.05, 3.63) is 105 Å². The van der Waals surface area contributed by atoms with Gasteiger partial charge in [0.2, 0.25) is 0 Å². The number of phenolic OH excluding ortho intramolecular Hbond substituents is 1. The predicted octanol–water partition coefficient (Wildman–Crippen LogP) is 5.68. The van der Waals surface area contributed by atoms with E-state index < -0.39 is 11.9 Å². The second-order valence-electron chi connectivity index (χ2n) is 7.55. The highest BCUT2D eigenvalue weighted by molar-refractivity contribution is 8.18. The highest BCUT2D eigenvalue weighted by Crippen LogP contribution is 2.33. The maximum absolute atomic E-state index is 12.8. The van der Waals surface area contributed by atoms with Gasteiger partial charge >= 0.3 is 5.97 Å².